The summed E-state index contributed by atoms with van der Waals surface area (Å²) in [7, 11) is 0. The average molecular weight is 289 g/mol. The van der Waals surface area contributed by atoms with Crippen molar-refractivity contribution >= 4 is 28.5 Å². The molecule has 0 aliphatic heterocycles. The molecule has 0 bridgehead atoms. The molecule has 0 fully saturated rings. The molecule has 0 aliphatic carbocycles. The average Bonchev–Trinajstić information content (AvgIpc) is 2.44. The van der Waals surface area contributed by atoms with Crippen LogP contribution in [0.25, 0.3) is 11.0 Å². The Balaban J connectivity index is 1.91. The van der Waals surface area contributed by atoms with Crippen molar-refractivity contribution in [1.29, 1.82) is 0 Å². The second-order valence-corrected chi connectivity index (χ2v) is 4.53. The molecule has 4 nitrogen and oxygen atoms in total. The van der Waals surface area contributed by atoms with E-state index in [4.69, 9.17) is 11.6 Å². The molecule has 3 aromatic rings. The van der Waals surface area contributed by atoms with Gasteiger partial charge in [-0.1, -0.05) is 12.1 Å². The Labute approximate surface area is 119 Å². The fraction of sp³-hybridized carbons (Fsp3) is 0.0714. The summed E-state index contributed by atoms with van der Waals surface area (Å²) < 4.78 is 13.1. The Morgan fingerprint density at radius 3 is 2.90 bits per heavy atom. The summed E-state index contributed by atoms with van der Waals surface area (Å²) in [6.07, 6.45) is 1.66. The maximum atomic E-state index is 13.1. The molecule has 0 atom stereocenters. The third-order valence-corrected chi connectivity index (χ3v) is 2.95. The summed E-state index contributed by atoms with van der Waals surface area (Å²) in [6.45, 7) is 0.427. The van der Waals surface area contributed by atoms with E-state index in [1.165, 1.54) is 12.1 Å². The molecule has 3 rings (SSSR count). The molecule has 0 spiro atoms. The number of halogens is 2. The second-order valence-electron chi connectivity index (χ2n) is 4.20. The van der Waals surface area contributed by atoms with E-state index in [0.29, 0.717) is 23.4 Å². The zero-order valence-electron chi connectivity index (χ0n) is 10.3. The Bertz CT molecular complexity index is 763. The molecule has 0 unspecified atom stereocenters. The molecule has 2 aromatic heterocycles. The van der Waals surface area contributed by atoms with Crippen LogP contribution >= 0.6 is 11.6 Å². The first-order valence-corrected chi connectivity index (χ1v) is 6.37. The molecule has 0 radical (unpaired) electrons. The lowest BCUT2D eigenvalue weighted by atomic mass is 10.2. The molecule has 0 amide bonds. The van der Waals surface area contributed by atoms with Crippen LogP contribution in [0, 0.1) is 5.82 Å². The molecular formula is C14H10ClFN4. The van der Waals surface area contributed by atoms with Gasteiger partial charge in [0.2, 0.25) is 5.28 Å². The highest BCUT2D eigenvalue weighted by Crippen LogP contribution is 2.20. The van der Waals surface area contributed by atoms with E-state index >= 15 is 0 Å². The topological polar surface area (TPSA) is 50.7 Å². The van der Waals surface area contributed by atoms with Crippen molar-refractivity contribution in [2.75, 3.05) is 5.32 Å². The molecule has 6 heteroatoms. The Morgan fingerprint density at radius 1 is 1.15 bits per heavy atom. The fourth-order valence-corrected chi connectivity index (χ4v) is 2.07. The number of nitrogens with one attached hydrogen (secondary N) is 1. The quantitative estimate of drug-likeness (QED) is 0.750. The van der Waals surface area contributed by atoms with Gasteiger partial charge in [-0.25, -0.2) is 9.37 Å². The van der Waals surface area contributed by atoms with Crippen LogP contribution in [0.15, 0.2) is 42.6 Å². The van der Waals surface area contributed by atoms with Crippen LogP contribution < -0.4 is 5.32 Å². The number of pyridine rings is 1. The standard InChI is InChI=1S/C14H10ClFN4/c15-14-19-11-5-2-6-17-12(11)13(20-14)18-8-9-3-1-4-10(16)7-9/h1-7H,8H2,(H,18,19,20). The van der Waals surface area contributed by atoms with Gasteiger partial charge in [0, 0.05) is 12.7 Å². The number of fused-ring (bicyclic) bond motifs is 1. The van der Waals surface area contributed by atoms with Crippen LogP contribution in [-0.2, 0) is 6.54 Å². The summed E-state index contributed by atoms with van der Waals surface area (Å²) in [4.78, 5) is 12.5. The highest BCUT2D eigenvalue weighted by atomic mass is 35.5. The number of benzene rings is 1. The van der Waals surface area contributed by atoms with E-state index in [9.17, 15) is 4.39 Å². The highest BCUT2D eigenvalue weighted by Gasteiger charge is 2.07. The summed E-state index contributed by atoms with van der Waals surface area (Å²) >= 11 is 5.88. The van der Waals surface area contributed by atoms with E-state index in [-0.39, 0.29) is 11.1 Å². The van der Waals surface area contributed by atoms with E-state index < -0.39 is 0 Å². The van der Waals surface area contributed by atoms with E-state index in [1.54, 1.807) is 18.3 Å². The van der Waals surface area contributed by atoms with Crippen LogP contribution in [0.5, 0.6) is 0 Å². The minimum atomic E-state index is -0.270. The first-order chi connectivity index (χ1) is 9.72. The highest BCUT2D eigenvalue weighted by molar-refractivity contribution is 6.28. The summed E-state index contributed by atoms with van der Waals surface area (Å²) in [5.74, 6) is 0.262. The number of rotatable bonds is 3. The Kier molecular flexibility index (Phi) is 3.43. The van der Waals surface area contributed by atoms with Gasteiger partial charge in [-0.05, 0) is 41.4 Å². The number of aromatic nitrogens is 3. The van der Waals surface area contributed by atoms with E-state index in [0.717, 1.165) is 5.56 Å². The normalized spacial score (nSPS) is 10.7. The SMILES string of the molecule is Fc1cccc(CNc2nc(Cl)nc3cccnc23)c1. The second kappa shape index (κ2) is 5.38. The number of anilines is 1. The molecule has 20 heavy (non-hydrogen) atoms. The molecule has 0 aliphatic rings. The van der Waals surface area contributed by atoms with Gasteiger partial charge in [0.05, 0.1) is 5.52 Å². The van der Waals surface area contributed by atoms with E-state index in [1.807, 2.05) is 12.1 Å². The van der Waals surface area contributed by atoms with Gasteiger partial charge in [-0.15, -0.1) is 0 Å². The molecule has 1 N–H and O–H groups in total. The van der Waals surface area contributed by atoms with Crippen molar-refractivity contribution < 1.29 is 4.39 Å². The molecule has 1 aromatic carbocycles. The van der Waals surface area contributed by atoms with Gasteiger partial charge in [0.25, 0.3) is 0 Å². The number of nitrogens with zero attached hydrogens (tertiary/aromatic N) is 3. The summed E-state index contributed by atoms with van der Waals surface area (Å²) in [6, 6.07) is 9.95. The smallest absolute Gasteiger partial charge is 0.225 e. The van der Waals surface area contributed by atoms with E-state index in [2.05, 4.69) is 20.3 Å². The van der Waals surface area contributed by atoms with Crippen LogP contribution in [0.4, 0.5) is 10.2 Å². The summed E-state index contributed by atoms with van der Waals surface area (Å²) in [5.41, 5.74) is 2.10. The largest absolute Gasteiger partial charge is 0.364 e. The maximum absolute atomic E-state index is 13.1. The molecule has 100 valence electrons. The third-order valence-electron chi connectivity index (χ3n) is 2.78. The first kappa shape index (κ1) is 12.7. The maximum Gasteiger partial charge on any atom is 0.225 e. The first-order valence-electron chi connectivity index (χ1n) is 5.99. The van der Waals surface area contributed by atoms with Gasteiger partial charge in [-0.3, -0.25) is 4.98 Å². The van der Waals surface area contributed by atoms with Gasteiger partial charge >= 0.3 is 0 Å². The van der Waals surface area contributed by atoms with Crippen LogP contribution in [0.1, 0.15) is 5.56 Å². The fourth-order valence-electron chi connectivity index (χ4n) is 1.90. The van der Waals surface area contributed by atoms with Crippen molar-refractivity contribution in [3.05, 3.63) is 59.3 Å². The van der Waals surface area contributed by atoms with Gasteiger partial charge in [0.15, 0.2) is 5.82 Å². The Hall–Kier alpha value is -2.27. The van der Waals surface area contributed by atoms with Gasteiger partial charge in [-0.2, -0.15) is 4.98 Å². The van der Waals surface area contributed by atoms with Crippen molar-refractivity contribution in [1.82, 2.24) is 15.0 Å². The number of hydrogen-bond donors (Lipinski definition) is 1. The zero-order chi connectivity index (χ0) is 13.9. The molecule has 2 heterocycles. The molecular weight excluding hydrogens is 279 g/mol. The predicted molar refractivity (Wildman–Crippen MR) is 76.1 cm³/mol. The van der Waals surface area contributed by atoms with Crippen molar-refractivity contribution in [2.24, 2.45) is 0 Å². The van der Waals surface area contributed by atoms with Crippen molar-refractivity contribution in [3.63, 3.8) is 0 Å². The van der Waals surface area contributed by atoms with Gasteiger partial charge < -0.3 is 5.32 Å². The van der Waals surface area contributed by atoms with Gasteiger partial charge in [0.1, 0.15) is 11.3 Å². The lowest BCUT2D eigenvalue weighted by Gasteiger charge is -2.08. The lowest BCUT2D eigenvalue weighted by Crippen LogP contribution is -2.04. The Morgan fingerprint density at radius 2 is 2.05 bits per heavy atom. The number of hydrogen-bond acceptors (Lipinski definition) is 4. The minimum absolute atomic E-state index is 0.146. The van der Waals surface area contributed by atoms with Crippen LogP contribution in [0.3, 0.4) is 0 Å². The van der Waals surface area contributed by atoms with Crippen LogP contribution in [-0.4, -0.2) is 15.0 Å². The third kappa shape index (κ3) is 2.67. The summed E-state index contributed by atoms with van der Waals surface area (Å²) in [5, 5.41) is 3.25. The van der Waals surface area contributed by atoms with Crippen molar-refractivity contribution in [2.45, 2.75) is 6.54 Å². The lowest BCUT2D eigenvalue weighted by molar-refractivity contribution is 0.626. The molecule has 0 saturated carbocycles. The molecule has 0 saturated heterocycles. The minimum Gasteiger partial charge on any atom is -0.364 e. The zero-order valence-corrected chi connectivity index (χ0v) is 11.1. The van der Waals surface area contributed by atoms with Crippen molar-refractivity contribution in [3.8, 4) is 0 Å². The predicted octanol–water partition coefficient (Wildman–Crippen LogP) is 3.43. The van der Waals surface area contributed by atoms with Crippen LogP contribution in [0.2, 0.25) is 5.28 Å². The monoisotopic (exact) mass is 288 g/mol.